The summed E-state index contributed by atoms with van der Waals surface area (Å²) in [7, 11) is 0. The molecule has 4 nitrogen and oxygen atoms in total. The van der Waals surface area contributed by atoms with Gasteiger partial charge >= 0.3 is 0 Å². The van der Waals surface area contributed by atoms with E-state index in [1.807, 2.05) is 0 Å². The molecule has 74 valence electrons. The molecule has 4 heteroatoms. The molecule has 2 saturated carbocycles. The zero-order valence-electron chi connectivity index (χ0n) is 8.05. The van der Waals surface area contributed by atoms with Crippen LogP contribution < -0.4 is 0 Å². The smallest absolute Gasteiger partial charge is 0.265 e. The summed E-state index contributed by atoms with van der Waals surface area (Å²) in [4.78, 5) is 45.6. The quantitative estimate of drug-likeness (QED) is 0.512. The number of carbonyl (C=O) groups excluding carboxylic acids is 4. The Kier molecular flexibility index (Phi) is 1.44. The highest BCUT2D eigenvalue weighted by molar-refractivity contribution is 6.70. The SMILES string of the molecule is CC12CC(=O)CC1(C)C(=O)C(=O)C2=O. The number of carbonyl (C=O) groups is 4. The predicted molar refractivity (Wildman–Crippen MR) is 45.5 cm³/mol. The van der Waals surface area contributed by atoms with Gasteiger partial charge in [0.25, 0.3) is 5.78 Å². The molecule has 2 aliphatic carbocycles. The van der Waals surface area contributed by atoms with Crippen LogP contribution in [0, 0.1) is 10.8 Å². The van der Waals surface area contributed by atoms with E-state index in [9.17, 15) is 19.2 Å². The maximum atomic E-state index is 11.5. The van der Waals surface area contributed by atoms with Gasteiger partial charge in [0.2, 0.25) is 11.6 Å². The summed E-state index contributed by atoms with van der Waals surface area (Å²) in [5.74, 6) is -2.40. The zero-order valence-corrected chi connectivity index (χ0v) is 8.05. The molecule has 2 atom stereocenters. The third-order valence-electron chi connectivity index (χ3n) is 3.73. The number of rotatable bonds is 0. The lowest BCUT2D eigenvalue weighted by Crippen LogP contribution is -2.35. The Balaban J connectivity index is 2.64. The first-order chi connectivity index (χ1) is 6.33. The molecule has 0 aliphatic heterocycles. The van der Waals surface area contributed by atoms with E-state index in [1.165, 1.54) is 0 Å². The summed E-state index contributed by atoms with van der Waals surface area (Å²) in [6, 6.07) is 0. The fraction of sp³-hybridized carbons (Fsp3) is 0.600. The van der Waals surface area contributed by atoms with E-state index >= 15 is 0 Å². The summed E-state index contributed by atoms with van der Waals surface area (Å²) in [6.45, 7) is 3.09. The van der Waals surface area contributed by atoms with Gasteiger partial charge in [0, 0.05) is 12.8 Å². The van der Waals surface area contributed by atoms with Gasteiger partial charge in [0.05, 0.1) is 10.8 Å². The van der Waals surface area contributed by atoms with Gasteiger partial charge in [-0.3, -0.25) is 19.2 Å². The second-order valence-electron chi connectivity index (χ2n) is 4.54. The van der Waals surface area contributed by atoms with E-state index in [0.717, 1.165) is 0 Å². The Morgan fingerprint density at radius 2 is 1.21 bits per heavy atom. The highest BCUT2D eigenvalue weighted by atomic mass is 16.2. The molecule has 0 radical (unpaired) electrons. The number of hydrogen-bond donors (Lipinski definition) is 0. The van der Waals surface area contributed by atoms with Gasteiger partial charge in [0.15, 0.2) is 0 Å². The molecule has 0 amide bonds. The van der Waals surface area contributed by atoms with Crippen LogP contribution in [0.25, 0.3) is 0 Å². The van der Waals surface area contributed by atoms with Gasteiger partial charge in [-0.2, -0.15) is 0 Å². The van der Waals surface area contributed by atoms with E-state index in [0.29, 0.717) is 0 Å². The van der Waals surface area contributed by atoms with Gasteiger partial charge in [-0.15, -0.1) is 0 Å². The predicted octanol–water partition coefficient (Wildman–Crippen LogP) is 0.0828. The summed E-state index contributed by atoms with van der Waals surface area (Å²) in [5, 5.41) is 0. The lowest BCUT2D eigenvalue weighted by atomic mass is 9.70. The van der Waals surface area contributed by atoms with Crippen molar-refractivity contribution in [3.05, 3.63) is 0 Å². The van der Waals surface area contributed by atoms with Crippen LogP contribution in [0.1, 0.15) is 26.7 Å². The molecule has 14 heavy (non-hydrogen) atoms. The number of hydrogen-bond acceptors (Lipinski definition) is 4. The molecule has 2 unspecified atom stereocenters. The van der Waals surface area contributed by atoms with E-state index < -0.39 is 28.2 Å². The lowest BCUT2D eigenvalue weighted by molar-refractivity contribution is -0.143. The van der Waals surface area contributed by atoms with Crippen LogP contribution in [0.4, 0.5) is 0 Å². The third kappa shape index (κ3) is 0.705. The molecule has 0 N–H and O–H groups in total. The van der Waals surface area contributed by atoms with Crippen molar-refractivity contribution in [3.63, 3.8) is 0 Å². The molecule has 0 spiro atoms. The number of ketones is 4. The normalized spacial score (nSPS) is 42.1. The average molecular weight is 194 g/mol. The van der Waals surface area contributed by atoms with Gasteiger partial charge in [-0.25, -0.2) is 0 Å². The number of fused-ring (bicyclic) bond motifs is 1. The van der Waals surface area contributed by atoms with Crippen molar-refractivity contribution in [2.45, 2.75) is 26.7 Å². The minimum absolute atomic E-state index is 0.0276. The second kappa shape index (κ2) is 2.19. The van der Waals surface area contributed by atoms with Crippen LogP contribution in [0.15, 0.2) is 0 Å². The van der Waals surface area contributed by atoms with Gasteiger partial charge < -0.3 is 0 Å². The first kappa shape index (κ1) is 9.24. The Bertz CT molecular complexity index is 361. The van der Waals surface area contributed by atoms with Gasteiger partial charge in [0.1, 0.15) is 5.78 Å². The fourth-order valence-corrected chi connectivity index (χ4v) is 2.51. The fourth-order valence-electron chi connectivity index (χ4n) is 2.51. The maximum Gasteiger partial charge on any atom is 0.265 e. The van der Waals surface area contributed by atoms with Crippen molar-refractivity contribution in [3.8, 4) is 0 Å². The monoisotopic (exact) mass is 194 g/mol. The molecule has 2 rings (SSSR count). The average Bonchev–Trinajstić information content (AvgIpc) is 2.40. The Hall–Kier alpha value is -1.32. The van der Waals surface area contributed by atoms with Crippen molar-refractivity contribution >= 4 is 23.1 Å². The Labute approximate surface area is 80.7 Å². The summed E-state index contributed by atoms with van der Waals surface area (Å²) >= 11 is 0. The first-order valence-electron chi connectivity index (χ1n) is 4.48. The third-order valence-corrected chi connectivity index (χ3v) is 3.73. The minimum Gasteiger partial charge on any atom is -0.300 e. The molecule has 2 fully saturated rings. The standard InChI is InChI=1S/C10H10O4/c1-9-3-5(11)4-10(9,2)8(14)6(12)7(9)13/h3-4H2,1-2H3. The Morgan fingerprint density at radius 3 is 1.57 bits per heavy atom. The van der Waals surface area contributed by atoms with E-state index in [2.05, 4.69) is 0 Å². The molecule has 2 aliphatic rings. The van der Waals surface area contributed by atoms with Crippen LogP contribution in [0.2, 0.25) is 0 Å². The van der Waals surface area contributed by atoms with Crippen molar-refractivity contribution in [1.82, 2.24) is 0 Å². The van der Waals surface area contributed by atoms with Crippen molar-refractivity contribution in [2.75, 3.05) is 0 Å². The highest BCUT2D eigenvalue weighted by Crippen LogP contribution is 2.56. The Morgan fingerprint density at radius 1 is 0.857 bits per heavy atom. The van der Waals surface area contributed by atoms with E-state index in [4.69, 9.17) is 0 Å². The summed E-state index contributed by atoms with van der Waals surface area (Å²) < 4.78 is 0. The van der Waals surface area contributed by atoms with Crippen molar-refractivity contribution in [1.29, 1.82) is 0 Å². The van der Waals surface area contributed by atoms with Crippen LogP contribution in [0.3, 0.4) is 0 Å². The lowest BCUT2D eigenvalue weighted by Gasteiger charge is -2.28. The van der Waals surface area contributed by atoms with Crippen LogP contribution in [0.5, 0.6) is 0 Å². The zero-order chi connectivity index (χ0) is 10.7. The molecular formula is C10H10O4. The largest absolute Gasteiger partial charge is 0.300 e. The maximum absolute atomic E-state index is 11.5. The molecule has 0 bridgehead atoms. The van der Waals surface area contributed by atoms with Crippen molar-refractivity contribution in [2.24, 2.45) is 10.8 Å². The molecule has 0 saturated heterocycles. The summed E-state index contributed by atoms with van der Waals surface area (Å²) in [5.41, 5.74) is -2.14. The highest BCUT2D eigenvalue weighted by Gasteiger charge is 2.69. The molecule has 0 aromatic rings. The molecule has 0 aromatic heterocycles. The van der Waals surface area contributed by atoms with Gasteiger partial charge in [-0.05, 0) is 0 Å². The van der Waals surface area contributed by atoms with E-state index in [1.54, 1.807) is 13.8 Å². The van der Waals surface area contributed by atoms with Crippen LogP contribution in [-0.4, -0.2) is 23.1 Å². The first-order valence-corrected chi connectivity index (χ1v) is 4.48. The van der Waals surface area contributed by atoms with Gasteiger partial charge in [-0.1, -0.05) is 13.8 Å². The number of Topliss-reactive ketones (excluding diaryl/α,β-unsaturated/α-hetero) is 4. The molecule has 0 aromatic carbocycles. The van der Waals surface area contributed by atoms with Crippen LogP contribution in [-0.2, 0) is 19.2 Å². The summed E-state index contributed by atoms with van der Waals surface area (Å²) in [6.07, 6.45) is 0.0552. The molecule has 0 heterocycles. The minimum atomic E-state index is -1.07. The van der Waals surface area contributed by atoms with Crippen molar-refractivity contribution < 1.29 is 19.2 Å². The van der Waals surface area contributed by atoms with Crippen LogP contribution >= 0.6 is 0 Å². The second-order valence-corrected chi connectivity index (χ2v) is 4.54. The van der Waals surface area contributed by atoms with E-state index in [-0.39, 0.29) is 18.6 Å². The topological polar surface area (TPSA) is 68.3 Å². The molecular weight excluding hydrogens is 184 g/mol.